The molecule has 1 amide bonds. The molecular weight excluding hydrogens is 352 g/mol. The molecule has 0 saturated carbocycles. The number of halogens is 1. The molecule has 8 heteroatoms. The topological polar surface area (TPSA) is 96.6 Å². The van der Waals surface area contributed by atoms with Crippen LogP contribution in [0.4, 0.5) is 17.1 Å². The third kappa shape index (κ3) is 2.68. The first-order valence-corrected chi connectivity index (χ1v) is 7.03. The van der Waals surface area contributed by atoms with Crippen molar-refractivity contribution in [2.75, 3.05) is 10.7 Å². The van der Waals surface area contributed by atoms with E-state index in [0.717, 1.165) is 4.47 Å². The maximum atomic E-state index is 11.9. The van der Waals surface area contributed by atoms with Gasteiger partial charge in [0.25, 0.3) is 11.6 Å². The average Bonchev–Trinajstić information content (AvgIpc) is 2.80. The van der Waals surface area contributed by atoms with Crippen molar-refractivity contribution in [2.45, 2.75) is 0 Å². The van der Waals surface area contributed by atoms with E-state index in [9.17, 15) is 14.9 Å². The normalized spacial score (nSPS) is 14.6. The molecule has 2 aromatic rings. The van der Waals surface area contributed by atoms with Gasteiger partial charge in [0.15, 0.2) is 5.71 Å². The van der Waals surface area contributed by atoms with Crippen molar-refractivity contribution in [2.24, 2.45) is 5.10 Å². The standard InChI is InChI=1S/C14H9BrN4O3/c15-8-4-5-12-11(6-8)13(14(20)16-12)18-17-9-2-1-3-10(7-9)19(21)22/h1-7,17H,(H,16,18,20). The van der Waals surface area contributed by atoms with Crippen molar-refractivity contribution in [1.29, 1.82) is 0 Å². The molecule has 1 heterocycles. The Morgan fingerprint density at radius 1 is 1.23 bits per heavy atom. The van der Waals surface area contributed by atoms with Crippen molar-refractivity contribution in [1.82, 2.24) is 0 Å². The molecule has 2 aromatic carbocycles. The number of nitro groups is 1. The largest absolute Gasteiger partial charge is 0.320 e. The number of anilines is 2. The van der Waals surface area contributed by atoms with E-state index in [1.54, 1.807) is 24.3 Å². The minimum atomic E-state index is -0.493. The van der Waals surface area contributed by atoms with E-state index in [1.807, 2.05) is 6.07 Å². The van der Waals surface area contributed by atoms with E-state index >= 15 is 0 Å². The molecule has 0 unspecified atom stereocenters. The van der Waals surface area contributed by atoms with Gasteiger partial charge in [-0.3, -0.25) is 20.3 Å². The molecule has 0 aliphatic carbocycles. The molecule has 7 nitrogen and oxygen atoms in total. The van der Waals surface area contributed by atoms with Gasteiger partial charge in [0.05, 0.1) is 16.3 Å². The Kier molecular flexibility index (Phi) is 3.60. The predicted octanol–water partition coefficient (Wildman–Crippen LogP) is 3.13. The molecule has 0 atom stereocenters. The zero-order valence-corrected chi connectivity index (χ0v) is 12.6. The summed E-state index contributed by atoms with van der Waals surface area (Å²) in [4.78, 5) is 22.2. The van der Waals surface area contributed by atoms with Crippen LogP contribution in [0.1, 0.15) is 5.56 Å². The highest BCUT2D eigenvalue weighted by Gasteiger charge is 2.26. The van der Waals surface area contributed by atoms with Crippen LogP contribution < -0.4 is 10.7 Å². The molecule has 0 fully saturated rings. The number of non-ortho nitro benzene ring substituents is 1. The molecule has 0 aromatic heterocycles. The molecule has 1 aliphatic rings. The summed E-state index contributed by atoms with van der Waals surface area (Å²) in [6.45, 7) is 0. The van der Waals surface area contributed by atoms with E-state index in [2.05, 4.69) is 31.8 Å². The molecule has 0 radical (unpaired) electrons. The third-order valence-electron chi connectivity index (χ3n) is 3.05. The van der Waals surface area contributed by atoms with Crippen molar-refractivity contribution in [3.8, 4) is 0 Å². The number of amides is 1. The summed E-state index contributed by atoms with van der Waals surface area (Å²) in [6.07, 6.45) is 0. The zero-order valence-electron chi connectivity index (χ0n) is 11.0. The first kappa shape index (κ1) is 14.2. The third-order valence-corrected chi connectivity index (χ3v) is 3.55. The first-order valence-electron chi connectivity index (χ1n) is 6.24. The van der Waals surface area contributed by atoms with Gasteiger partial charge in [-0.1, -0.05) is 22.0 Å². The Bertz CT molecular complexity index is 819. The number of hydrazone groups is 1. The predicted molar refractivity (Wildman–Crippen MR) is 86.0 cm³/mol. The van der Waals surface area contributed by atoms with Crippen LogP contribution in [0.2, 0.25) is 0 Å². The maximum absolute atomic E-state index is 11.9. The average molecular weight is 361 g/mol. The molecule has 0 saturated heterocycles. The molecule has 110 valence electrons. The van der Waals surface area contributed by atoms with Crippen molar-refractivity contribution >= 4 is 44.6 Å². The van der Waals surface area contributed by atoms with E-state index in [1.165, 1.54) is 12.1 Å². The number of carbonyl (C=O) groups is 1. The van der Waals surface area contributed by atoms with Gasteiger partial charge < -0.3 is 5.32 Å². The quantitative estimate of drug-likeness (QED) is 0.648. The van der Waals surface area contributed by atoms with Crippen molar-refractivity contribution < 1.29 is 9.72 Å². The molecule has 0 bridgehead atoms. The van der Waals surface area contributed by atoms with E-state index in [4.69, 9.17) is 0 Å². The van der Waals surface area contributed by atoms with E-state index < -0.39 is 4.92 Å². The van der Waals surface area contributed by atoms with Crippen LogP contribution in [0.15, 0.2) is 52.0 Å². The lowest BCUT2D eigenvalue weighted by Gasteiger charge is -2.02. The molecule has 3 rings (SSSR count). The minimum Gasteiger partial charge on any atom is -0.320 e. The molecule has 22 heavy (non-hydrogen) atoms. The van der Waals surface area contributed by atoms with Crippen LogP contribution in [0.25, 0.3) is 0 Å². The van der Waals surface area contributed by atoms with Gasteiger partial charge in [0, 0.05) is 22.2 Å². The van der Waals surface area contributed by atoms with Gasteiger partial charge in [-0.05, 0) is 24.3 Å². The number of nitro benzene ring substituents is 1. The summed E-state index contributed by atoms with van der Waals surface area (Å²) < 4.78 is 0.825. The molecule has 2 N–H and O–H groups in total. The Morgan fingerprint density at radius 2 is 2.05 bits per heavy atom. The Morgan fingerprint density at radius 3 is 2.82 bits per heavy atom. The van der Waals surface area contributed by atoms with Gasteiger partial charge in [0.2, 0.25) is 0 Å². The van der Waals surface area contributed by atoms with Crippen LogP contribution in [0.3, 0.4) is 0 Å². The van der Waals surface area contributed by atoms with Crippen LogP contribution in [0, 0.1) is 10.1 Å². The van der Waals surface area contributed by atoms with Crippen molar-refractivity contribution in [3.63, 3.8) is 0 Å². The summed E-state index contributed by atoms with van der Waals surface area (Å²) in [6, 6.07) is 11.3. The summed E-state index contributed by atoms with van der Waals surface area (Å²) >= 11 is 3.34. The number of nitrogens with zero attached hydrogens (tertiary/aromatic N) is 2. The summed E-state index contributed by atoms with van der Waals surface area (Å²) in [7, 11) is 0. The number of carbonyl (C=O) groups excluding carboxylic acids is 1. The fraction of sp³-hybridized carbons (Fsp3) is 0. The summed E-state index contributed by atoms with van der Waals surface area (Å²) in [5.41, 5.74) is 4.62. The SMILES string of the molecule is O=C1Nc2ccc(Br)cc2/C1=N/Nc1cccc([N+](=O)[O-])c1. The number of nitrogens with one attached hydrogen (secondary N) is 2. The second-order valence-corrected chi connectivity index (χ2v) is 5.44. The highest BCUT2D eigenvalue weighted by atomic mass is 79.9. The fourth-order valence-electron chi connectivity index (χ4n) is 2.05. The Balaban J connectivity index is 1.91. The molecule has 1 aliphatic heterocycles. The lowest BCUT2D eigenvalue weighted by atomic mass is 10.1. The lowest BCUT2D eigenvalue weighted by molar-refractivity contribution is -0.384. The van der Waals surface area contributed by atoms with Crippen molar-refractivity contribution in [3.05, 3.63) is 62.6 Å². The second kappa shape index (κ2) is 5.57. The second-order valence-electron chi connectivity index (χ2n) is 4.52. The van der Waals surface area contributed by atoms with Gasteiger partial charge in [-0.15, -0.1) is 0 Å². The van der Waals surface area contributed by atoms with Gasteiger partial charge in [0.1, 0.15) is 0 Å². The van der Waals surface area contributed by atoms with Gasteiger partial charge in [-0.2, -0.15) is 5.10 Å². The lowest BCUT2D eigenvalue weighted by Crippen LogP contribution is -2.15. The van der Waals surface area contributed by atoms with Crippen LogP contribution in [-0.4, -0.2) is 16.5 Å². The smallest absolute Gasteiger partial charge is 0.276 e. The fourth-order valence-corrected chi connectivity index (χ4v) is 2.41. The van der Waals surface area contributed by atoms with E-state index in [0.29, 0.717) is 16.9 Å². The van der Waals surface area contributed by atoms with Gasteiger partial charge >= 0.3 is 0 Å². The Hall–Kier alpha value is -2.74. The number of hydrogen-bond donors (Lipinski definition) is 2. The number of rotatable bonds is 3. The van der Waals surface area contributed by atoms with Crippen LogP contribution in [0.5, 0.6) is 0 Å². The first-order chi connectivity index (χ1) is 10.5. The van der Waals surface area contributed by atoms with E-state index in [-0.39, 0.29) is 17.3 Å². The molecule has 0 spiro atoms. The van der Waals surface area contributed by atoms with Crippen LogP contribution in [-0.2, 0) is 4.79 Å². The molecular formula is C14H9BrN4O3. The number of hydrogen-bond acceptors (Lipinski definition) is 5. The zero-order chi connectivity index (χ0) is 15.7. The Labute approximate surface area is 133 Å². The summed E-state index contributed by atoms with van der Waals surface area (Å²) in [5, 5.41) is 17.5. The minimum absolute atomic E-state index is 0.0516. The highest BCUT2D eigenvalue weighted by molar-refractivity contribution is 9.10. The maximum Gasteiger partial charge on any atom is 0.276 e. The highest BCUT2D eigenvalue weighted by Crippen LogP contribution is 2.27. The summed E-state index contributed by atoms with van der Waals surface area (Å²) in [5.74, 6) is -0.328. The van der Waals surface area contributed by atoms with Gasteiger partial charge in [-0.25, -0.2) is 0 Å². The monoisotopic (exact) mass is 360 g/mol. The number of fused-ring (bicyclic) bond motifs is 1. The number of benzene rings is 2. The van der Waals surface area contributed by atoms with Crippen LogP contribution >= 0.6 is 15.9 Å².